The Bertz CT molecular complexity index is 157. The minimum Gasteiger partial charge on any atom is -0.303 e. The molecule has 0 N–H and O–H groups in total. The van der Waals surface area contributed by atoms with Gasteiger partial charge in [0, 0.05) is 6.42 Å². The molecule has 0 amide bonds. The number of aldehydes is 2. The number of hydrogen-bond acceptors (Lipinski definition) is 2. The molecule has 0 aliphatic carbocycles. The molecule has 0 fully saturated rings. The van der Waals surface area contributed by atoms with Crippen LogP contribution in [0.4, 0.5) is 0 Å². The number of hydrogen-bond donors (Lipinski definition) is 0. The van der Waals surface area contributed by atoms with Crippen LogP contribution in [-0.2, 0) is 9.59 Å². The molecule has 0 saturated carbocycles. The molecule has 0 aliphatic rings. The van der Waals surface area contributed by atoms with Crippen LogP contribution in [0, 0.1) is 5.92 Å². The smallest absolute Gasteiger partial charge is 0.145 e. The Kier molecular flexibility index (Phi) is 5.35. The Labute approximate surface area is 67.3 Å². The molecule has 0 aromatic heterocycles. The van der Waals surface area contributed by atoms with E-state index in [4.69, 9.17) is 0 Å². The van der Waals surface area contributed by atoms with Crippen molar-refractivity contribution in [3.8, 4) is 0 Å². The highest BCUT2D eigenvalue weighted by molar-refractivity contribution is 5.73. The lowest BCUT2D eigenvalue weighted by Gasteiger charge is -1.98. The zero-order valence-electron chi connectivity index (χ0n) is 7.04. The minimum atomic E-state index is 0.377. The molecule has 0 aromatic rings. The van der Waals surface area contributed by atoms with E-state index in [9.17, 15) is 9.59 Å². The second-order valence-electron chi connectivity index (χ2n) is 2.81. The highest BCUT2D eigenvalue weighted by atomic mass is 16.1. The van der Waals surface area contributed by atoms with Crippen LogP contribution in [0.2, 0.25) is 0 Å². The van der Waals surface area contributed by atoms with Gasteiger partial charge in [-0.25, -0.2) is 0 Å². The molecule has 0 bridgehead atoms. The summed E-state index contributed by atoms with van der Waals surface area (Å²) in [6, 6.07) is 0. The first-order valence-electron chi connectivity index (χ1n) is 3.80. The summed E-state index contributed by atoms with van der Waals surface area (Å²) in [5.74, 6) is 0.377. The van der Waals surface area contributed by atoms with Crippen molar-refractivity contribution in [1.29, 1.82) is 0 Å². The summed E-state index contributed by atoms with van der Waals surface area (Å²) in [5.41, 5.74) is 0.729. The van der Waals surface area contributed by atoms with Gasteiger partial charge in [0.2, 0.25) is 0 Å². The van der Waals surface area contributed by atoms with Crippen molar-refractivity contribution in [2.75, 3.05) is 0 Å². The maximum absolute atomic E-state index is 10.4. The van der Waals surface area contributed by atoms with Gasteiger partial charge in [0.05, 0.1) is 0 Å². The fourth-order valence-electron chi connectivity index (χ4n) is 0.835. The Balaban J connectivity index is 3.93. The summed E-state index contributed by atoms with van der Waals surface area (Å²) >= 11 is 0. The highest BCUT2D eigenvalue weighted by Gasteiger charge is 1.95. The largest absolute Gasteiger partial charge is 0.303 e. The van der Waals surface area contributed by atoms with Crippen LogP contribution in [0.25, 0.3) is 0 Å². The van der Waals surface area contributed by atoms with Gasteiger partial charge in [-0.15, -0.1) is 0 Å². The van der Waals surface area contributed by atoms with Gasteiger partial charge in [-0.2, -0.15) is 0 Å². The first kappa shape index (κ1) is 10.1. The lowest BCUT2D eigenvalue weighted by molar-refractivity contribution is -0.107. The molecule has 0 unspecified atom stereocenters. The number of rotatable bonds is 5. The predicted molar refractivity (Wildman–Crippen MR) is 44.3 cm³/mol. The topological polar surface area (TPSA) is 34.1 Å². The SMILES string of the molecule is CC(C)C=C(C=O)CCC=O. The minimum absolute atomic E-state index is 0.377. The van der Waals surface area contributed by atoms with E-state index >= 15 is 0 Å². The van der Waals surface area contributed by atoms with Gasteiger partial charge in [0.1, 0.15) is 12.6 Å². The zero-order valence-corrected chi connectivity index (χ0v) is 7.04. The van der Waals surface area contributed by atoms with Gasteiger partial charge in [0.25, 0.3) is 0 Å². The highest BCUT2D eigenvalue weighted by Crippen LogP contribution is 2.05. The lowest BCUT2D eigenvalue weighted by Crippen LogP contribution is -1.90. The summed E-state index contributed by atoms with van der Waals surface area (Å²) in [7, 11) is 0. The second kappa shape index (κ2) is 5.83. The van der Waals surface area contributed by atoms with Crippen molar-refractivity contribution >= 4 is 12.6 Å². The first-order chi connectivity index (χ1) is 5.20. The zero-order chi connectivity index (χ0) is 8.69. The van der Waals surface area contributed by atoms with Gasteiger partial charge in [-0.05, 0) is 17.9 Å². The molecule has 0 rings (SSSR count). The fraction of sp³-hybridized carbons (Fsp3) is 0.556. The van der Waals surface area contributed by atoms with Gasteiger partial charge >= 0.3 is 0 Å². The number of carbonyl (C=O) groups excluding carboxylic acids is 2. The van der Waals surface area contributed by atoms with Crippen LogP contribution in [0.5, 0.6) is 0 Å². The van der Waals surface area contributed by atoms with Crippen molar-refractivity contribution in [1.82, 2.24) is 0 Å². The van der Waals surface area contributed by atoms with Gasteiger partial charge in [0.15, 0.2) is 0 Å². The molecule has 0 aromatic carbocycles. The maximum Gasteiger partial charge on any atom is 0.145 e. The average Bonchev–Trinajstić information content (AvgIpc) is 1.97. The van der Waals surface area contributed by atoms with E-state index in [0.29, 0.717) is 18.8 Å². The Hall–Kier alpha value is -0.920. The number of carbonyl (C=O) groups is 2. The van der Waals surface area contributed by atoms with E-state index in [1.165, 1.54) is 0 Å². The van der Waals surface area contributed by atoms with Crippen LogP contribution in [0.15, 0.2) is 11.6 Å². The summed E-state index contributed by atoms with van der Waals surface area (Å²) in [4.78, 5) is 20.3. The maximum atomic E-state index is 10.4. The first-order valence-corrected chi connectivity index (χ1v) is 3.80. The average molecular weight is 154 g/mol. The molecule has 0 aliphatic heterocycles. The Morgan fingerprint density at radius 2 is 2.00 bits per heavy atom. The van der Waals surface area contributed by atoms with E-state index in [1.54, 1.807) is 0 Å². The molecule has 62 valence electrons. The van der Waals surface area contributed by atoms with Crippen molar-refractivity contribution in [3.63, 3.8) is 0 Å². The van der Waals surface area contributed by atoms with Gasteiger partial charge in [-0.1, -0.05) is 19.9 Å². The van der Waals surface area contributed by atoms with Crippen molar-refractivity contribution in [2.45, 2.75) is 26.7 Å². The quantitative estimate of drug-likeness (QED) is 0.446. The van der Waals surface area contributed by atoms with Crippen LogP contribution in [0.1, 0.15) is 26.7 Å². The van der Waals surface area contributed by atoms with Crippen molar-refractivity contribution in [3.05, 3.63) is 11.6 Å². The molecule has 0 radical (unpaired) electrons. The van der Waals surface area contributed by atoms with Crippen LogP contribution in [-0.4, -0.2) is 12.6 Å². The van der Waals surface area contributed by atoms with Crippen LogP contribution < -0.4 is 0 Å². The number of allylic oxidation sites excluding steroid dienone is 2. The molecule has 2 heteroatoms. The lowest BCUT2D eigenvalue weighted by atomic mass is 10.1. The Morgan fingerprint density at radius 3 is 2.36 bits per heavy atom. The fourth-order valence-corrected chi connectivity index (χ4v) is 0.835. The molecule has 0 atom stereocenters. The second-order valence-corrected chi connectivity index (χ2v) is 2.81. The molecule has 0 saturated heterocycles. The van der Waals surface area contributed by atoms with Crippen molar-refractivity contribution < 1.29 is 9.59 Å². The van der Waals surface area contributed by atoms with Gasteiger partial charge in [-0.3, -0.25) is 4.79 Å². The molecular formula is C9H14O2. The monoisotopic (exact) mass is 154 g/mol. The van der Waals surface area contributed by atoms with E-state index in [1.807, 2.05) is 19.9 Å². The van der Waals surface area contributed by atoms with Gasteiger partial charge < -0.3 is 4.79 Å². The molecule has 11 heavy (non-hydrogen) atoms. The third-order valence-electron chi connectivity index (χ3n) is 1.25. The van der Waals surface area contributed by atoms with E-state index in [-0.39, 0.29) is 0 Å². The van der Waals surface area contributed by atoms with E-state index in [2.05, 4.69) is 0 Å². The van der Waals surface area contributed by atoms with E-state index < -0.39 is 0 Å². The standard InChI is InChI=1S/C9H14O2/c1-8(2)6-9(7-11)4-3-5-10/h5-8H,3-4H2,1-2H3. The summed E-state index contributed by atoms with van der Waals surface area (Å²) in [6.07, 6.45) is 4.56. The van der Waals surface area contributed by atoms with Crippen LogP contribution in [0.3, 0.4) is 0 Å². The summed E-state index contributed by atoms with van der Waals surface area (Å²) in [6.45, 7) is 4.01. The molecular weight excluding hydrogens is 140 g/mol. The third-order valence-corrected chi connectivity index (χ3v) is 1.25. The van der Waals surface area contributed by atoms with Crippen LogP contribution >= 0.6 is 0 Å². The predicted octanol–water partition coefficient (Wildman–Crippen LogP) is 1.75. The normalized spacial score (nSPS) is 11.7. The third kappa shape index (κ3) is 5.52. The molecule has 0 spiro atoms. The van der Waals surface area contributed by atoms with Crippen molar-refractivity contribution in [2.24, 2.45) is 5.92 Å². The molecule has 2 nitrogen and oxygen atoms in total. The Morgan fingerprint density at radius 1 is 1.36 bits per heavy atom. The summed E-state index contributed by atoms with van der Waals surface area (Å²) in [5, 5.41) is 0. The molecule has 0 heterocycles. The summed E-state index contributed by atoms with van der Waals surface area (Å²) < 4.78 is 0. The van der Waals surface area contributed by atoms with E-state index in [0.717, 1.165) is 18.1 Å².